The zero-order chi connectivity index (χ0) is 33.6. The maximum absolute atomic E-state index is 12.9. The molecule has 2 fully saturated rings. The summed E-state index contributed by atoms with van der Waals surface area (Å²) in [6, 6.07) is 32.8. The lowest BCUT2D eigenvalue weighted by Crippen LogP contribution is -2.54. The molecule has 0 bridgehead atoms. The van der Waals surface area contributed by atoms with Gasteiger partial charge in [-0.1, -0.05) is 92.6 Å². The topological polar surface area (TPSA) is 98.2 Å². The first-order chi connectivity index (χ1) is 23.1. The van der Waals surface area contributed by atoms with Crippen LogP contribution in [0.25, 0.3) is 28.3 Å². The van der Waals surface area contributed by atoms with Gasteiger partial charge in [-0.25, -0.2) is 4.79 Å². The number of benzene rings is 4. The molecule has 3 unspecified atom stereocenters. The standard InChI is InChI=1S/C39H36N2O5S2/c1-38-20-6-7-21-39(38,2)40(30-8-4-3-5-9-30)32-19-18-29(23-31(32)38)28-16-14-27(15-17-28)26-12-10-25(11-13-26)22-34-36(44)41(48-47-34)33(37(45)46)24-35(42)43/h3-5,8-19,22-23,33H,6-7,20-21,24H2,1-2H3,(H,42,43)(H,45,46)/b34-22-. The fourth-order valence-electron chi connectivity index (χ4n) is 7.65. The summed E-state index contributed by atoms with van der Waals surface area (Å²) in [6.07, 6.45) is 5.87. The summed E-state index contributed by atoms with van der Waals surface area (Å²) in [7, 11) is 2.08. The van der Waals surface area contributed by atoms with Crippen LogP contribution in [-0.4, -0.2) is 43.9 Å². The molecule has 7 rings (SSSR count). The van der Waals surface area contributed by atoms with E-state index in [0.29, 0.717) is 4.91 Å². The highest BCUT2D eigenvalue weighted by Gasteiger charge is 2.57. The van der Waals surface area contributed by atoms with E-state index < -0.39 is 30.3 Å². The molecule has 1 saturated carbocycles. The molecule has 4 aromatic carbocycles. The summed E-state index contributed by atoms with van der Waals surface area (Å²) in [4.78, 5) is 38.5. The van der Waals surface area contributed by atoms with Crippen molar-refractivity contribution in [3.63, 3.8) is 0 Å². The highest BCUT2D eigenvalue weighted by atomic mass is 33.1. The van der Waals surface area contributed by atoms with Crippen LogP contribution in [0.1, 0.15) is 57.1 Å². The third kappa shape index (κ3) is 5.48. The molecule has 2 aliphatic heterocycles. The number of carbonyl (C=O) groups excluding carboxylic acids is 1. The lowest BCUT2D eigenvalue weighted by Gasteiger charge is -2.50. The first kappa shape index (κ1) is 32.1. The van der Waals surface area contributed by atoms with Gasteiger partial charge in [0.1, 0.15) is 0 Å². The molecule has 0 radical (unpaired) electrons. The molecular weight excluding hydrogens is 641 g/mol. The minimum Gasteiger partial charge on any atom is -0.481 e. The molecule has 3 atom stereocenters. The number of amides is 1. The number of hydrogen-bond donors (Lipinski definition) is 2. The van der Waals surface area contributed by atoms with Crippen molar-refractivity contribution in [3.05, 3.63) is 113 Å². The van der Waals surface area contributed by atoms with Gasteiger partial charge in [0.15, 0.2) is 6.04 Å². The molecular formula is C39H36N2O5S2. The second kappa shape index (κ2) is 12.5. The van der Waals surface area contributed by atoms with E-state index >= 15 is 0 Å². The minimum atomic E-state index is -1.43. The highest BCUT2D eigenvalue weighted by molar-refractivity contribution is 8.78. The van der Waals surface area contributed by atoms with E-state index in [4.69, 9.17) is 5.11 Å². The molecule has 1 amide bonds. The second-order valence-electron chi connectivity index (χ2n) is 13.2. The molecule has 4 aromatic rings. The average Bonchev–Trinajstić information content (AvgIpc) is 3.54. The zero-order valence-electron chi connectivity index (χ0n) is 26.8. The van der Waals surface area contributed by atoms with E-state index in [9.17, 15) is 19.5 Å². The van der Waals surface area contributed by atoms with Crippen molar-refractivity contribution in [1.82, 2.24) is 4.31 Å². The summed E-state index contributed by atoms with van der Waals surface area (Å²) in [5, 5.41) is 18.5. The van der Waals surface area contributed by atoms with Gasteiger partial charge in [0, 0.05) is 27.8 Å². The van der Waals surface area contributed by atoms with Gasteiger partial charge in [-0.15, -0.1) is 0 Å². The van der Waals surface area contributed by atoms with Crippen LogP contribution in [0, 0.1) is 0 Å². The van der Waals surface area contributed by atoms with Gasteiger partial charge in [-0.3, -0.25) is 13.9 Å². The molecule has 7 nitrogen and oxygen atoms in total. The number of aliphatic carboxylic acids is 2. The molecule has 48 heavy (non-hydrogen) atoms. The van der Waals surface area contributed by atoms with Crippen molar-refractivity contribution in [2.75, 3.05) is 4.90 Å². The van der Waals surface area contributed by atoms with E-state index in [1.54, 1.807) is 6.08 Å². The van der Waals surface area contributed by atoms with E-state index in [-0.39, 0.29) is 11.0 Å². The van der Waals surface area contributed by atoms with Gasteiger partial charge in [-0.05, 0) is 94.3 Å². The Balaban J connectivity index is 1.11. The Hall–Kier alpha value is -4.47. The summed E-state index contributed by atoms with van der Waals surface area (Å²) in [5.74, 6) is -3.12. The molecule has 0 spiro atoms. The van der Waals surface area contributed by atoms with E-state index in [2.05, 4.69) is 91.5 Å². The van der Waals surface area contributed by atoms with Crippen LogP contribution in [0.5, 0.6) is 0 Å². The van der Waals surface area contributed by atoms with Gasteiger partial charge >= 0.3 is 11.9 Å². The predicted molar refractivity (Wildman–Crippen MR) is 194 cm³/mol. The molecule has 1 aliphatic carbocycles. The number of anilines is 2. The Morgan fingerprint density at radius 1 is 0.833 bits per heavy atom. The normalized spacial score (nSPS) is 23.2. The monoisotopic (exact) mass is 676 g/mol. The van der Waals surface area contributed by atoms with Crippen LogP contribution < -0.4 is 4.90 Å². The lowest BCUT2D eigenvalue weighted by molar-refractivity contribution is -0.149. The number of fused-ring (bicyclic) bond motifs is 3. The number of rotatable bonds is 8. The van der Waals surface area contributed by atoms with Crippen molar-refractivity contribution >= 4 is 57.1 Å². The zero-order valence-corrected chi connectivity index (χ0v) is 28.4. The number of para-hydroxylation sites is 1. The maximum atomic E-state index is 12.9. The summed E-state index contributed by atoms with van der Waals surface area (Å²) < 4.78 is 1.03. The van der Waals surface area contributed by atoms with Gasteiger partial charge in [0.2, 0.25) is 0 Å². The number of nitrogens with zero attached hydrogens (tertiary/aromatic N) is 2. The molecule has 3 aliphatic rings. The summed E-state index contributed by atoms with van der Waals surface area (Å²) in [6.45, 7) is 4.91. The SMILES string of the molecule is CC12CCCCC1(C)N(c1ccccc1)c1ccc(-c3ccc(-c4ccc(/C=C5\SSN(C(CC(=O)O)C(=O)O)C5=O)cc4)cc3)cc12. The number of carbonyl (C=O) groups is 3. The molecule has 1 saturated heterocycles. The summed E-state index contributed by atoms with van der Waals surface area (Å²) >= 11 is 0. The minimum absolute atomic E-state index is 0.0166. The van der Waals surface area contributed by atoms with Gasteiger partial charge in [0.05, 0.1) is 16.9 Å². The quantitative estimate of drug-likeness (QED) is 0.108. The Morgan fingerprint density at radius 2 is 1.44 bits per heavy atom. The van der Waals surface area contributed by atoms with Crippen LogP contribution in [-0.2, 0) is 19.8 Å². The fraction of sp³-hybridized carbons (Fsp3) is 0.256. The number of carboxylic acid groups (broad SMARTS) is 2. The predicted octanol–water partition coefficient (Wildman–Crippen LogP) is 9.17. The van der Waals surface area contributed by atoms with Crippen LogP contribution in [0.15, 0.2) is 102 Å². The van der Waals surface area contributed by atoms with Crippen molar-refractivity contribution in [1.29, 1.82) is 0 Å². The van der Waals surface area contributed by atoms with Crippen molar-refractivity contribution in [2.24, 2.45) is 0 Å². The Bertz CT molecular complexity index is 1930. The van der Waals surface area contributed by atoms with Crippen LogP contribution >= 0.6 is 21.8 Å². The first-order valence-electron chi connectivity index (χ1n) is 16.1. The summed E-state index contributed by atoms with van der Waals surface area (Å²) in [5.41, 5.74) is 9.36. The van der Waals surface area contributed by atoms with Gasteiger partial charge < -0.3 is 15.1 Å². The first-order valence-corrected chi connectivity index (χ1v) is 18.2. The largest absolute Gasteiger partial charge is 0.481 e. The van der Waals surface area contributed by atoms with Gasteiger partial charge in [-0.2, -0.15) is 0 Å². The Morgan fingerprint density at radius 3 is 2.08 bits per heavy atom. The van der Waals surface area contributed by atoms with Crippen LogP contribution in [0.3, 0.4) is 0 Å². The van der Waals surface area contributed by atoms with Crippen molar-refractivity contribution in [3.8, 4) is 22.3 Å². The van der Waals surface area contributed by atoms with E-state index in [0.717, 1.165) is 49.2 Å². The smallest absolute Gasteiger partial charge is 0.328 e. The van der Waals surface area contributed by atoms with Gasteiger partial charge in [0.25, 0.3) is 5.91 Å². The molecule has 244 valence electrons. The molecule has 9 heteroatoms. The van der Waals surface area contributed by atoms with Crippen LogP contribution in [0.4, 0.5) is 11.4 Å². The average molecular weight is 677 g/mol. The third-order valence-electron chi connectivity index (χ3n) is 10.4. The van der Waals surface area contributed by atoms with Crippen molar-refractivity contribution in [2.45, 2.75) is 62.9 Å². The lowest BCUT2D eigenvalue weighted by atomic mass is 9.61. The fourth-order valence-corrected chi connectivity index (χ4v) is 10.0. The Kier molecular flexibility index (Phi) is 8.37. The second-order valence-corrected chi connectivity index (χ2v) is 15.3. The molecule has 0 aromatic heterocycles. The Labute approximate surface area is 288 Å². The number of hydrogen-bond acceptors (Lipinski definition) is 6. The number of carboxylic acids is 2. The highest BCUT2D eigenvalue weighted by Crippen LogP contribution is 2.61. The van der Waals surface area contributed by atoms with Crippen LogP contribution in [0.2, 0.25) is 0 Å². The molecule has 2 heterocycles. The third-order valence-corrected chi connectivity index (χ3v) is 12.8. The molecule has 2 N–H and O–H groups in total. The maximum Gasteiger partial charge on any atom is 0.328 e. The van der Waals surface area contributed by atoms with E-state index in [1.807, 2.05) is 24.3 Å². The van der Waals surface area contributed by atoms with E-state index in [1.165, 1.54) is 47.3 Å². The van der Waals surface area contributed by atoms with Crippen molar-refractivity contribution < 1.29 is 24.6 Å².